The van der Waals surface area contributed by atoms with Crippen LogP contribution in [0.2, 0.25) is 0 Å². The van der Waals surface area contributed by atoms with Gasteiger partial charge >= 0.3 is 0 Å². The van der Waals surface area contributed by atoms with Crippen molar-refractivity contribution in [1.29, 1.82) is 0 Å². The van der Waals surface area contributed by atoms with Gasteiger partial charge in [0.2, 0.25) is 5.91 Å². The van der Waals surface area contributed by atoms with Gasteiger partial charge in [-0.05, 0) is 24.6 Å². The molecule has 0 saturated carbocycles. The molecule has 0 aliphatic carbocycles. The molecule has 2 atom stereocenters. The minimum Gasteiger partial charge on any atom is -0.356 e. The number of nitrogens with zero attached hydrogens (tertiary/aromatic N) is 2. The van der Waals surface area contributed by atoms with E-state index in [1.807, 2.05) is 13.0 Å². The zero-order valence-electron chi connectivity index (χ0n) is 13.9. The van der Waals surface area contributed by atoms with Crippen molar-refractivity contribution in [3.8, 4) is 0 Å². The van der Waals surface area contributed by atoms with Crippen LogP contribution < -0.4 is 5.32 Å². The fourth-order valence-corrected chi connectivity index (χ4v) is 2.76. The Balaban J connectivity index is 1.89. The molecule has 2 amide bonds. The summed E-state index contributed by atoms with van der Waals surface area (Å²) in [5.74, 6) is -0.926. The van der Waals surface area contributed by atoms with Crippen molar-refractivity contribution in [2.24, 2.45) is 0 Å². The van der Waals surface area contributed by atoms with E-state index in [1.165, 1.54) is 18.0 Å². The molecule has 1 aromatic heterocycles. The van der Waals surface area contributed by atoms with Crippen molar-refractivity contribution >= 4 is 17.6 Å². The normalized spacial score (nSPS) is 20.4. The van der Waals surface area contributed by atoms with E-state index < -0.39 is 23.9 Å². The highest BCUT2D eigenvalue weighted by Gasteiger charge is 2.41. The van der Waals surface area contributed by atoms with E-state index in [0.29, 0.717) is 5.82 Å². The van der Waals surface area contributed by atoms with Crippen molar-refractivity contribution in [2.45, 2.75) is 19.1 Å². The topological polar surface area (TPSA) is 71.5 Å². The lowest BCUT2D eigenvalue weighted by molar-refractivity contribution is -0.160. The molecular formula is C18H18FN3O3. The predicted molar refractivity (Wildman–Crippen MR) is 89.3 cm³/mol. The molecule has 1 aromatic carbocycles. The summed E-state index contributed by atoms with van der Waals surface area (Å²) in [7, 11) is 1.53. The molecule has 0 bridgehead atoms. The third-order valence-electron chi connectivity index (χ3n) is 4.13. The van der Waals surface area contributed by atoms with Gasteiger partial charge in [-0.15, -0.1) is 0 Å². The molecule has 0 spiro atoms. The van der Waals surface area contributed by atoms with E-state index in [2.05, 4.69) is 10.3 Å². The number of benzene rings is 1. The van der Waals surface area contributed by atoms with Gasteiger partial charge in [-0.2, -0.15) is 0 Å². The average molecular weight is 343 g/mol. The molecule has 2 heterocycles. The Morgan fingerprint density at radius 1 is 1.32 bits per heavy atom. The first-order valence-electron chi connectivity index (χ1n) is 7.82. The van der Waals surface area contributed by atoms with Gasteiger partial charge in [0.1, 0.15) is 18.2 Å². The lowest BCUT2D eigenvalue weighted by Gasteiger charge is -2.38. The Kier molecular flexibility index (Phi) is 4.76. The molecule has 1 fully saturated rings. The number of likely N-dealkylation sites (N-methyl/N-ethyl adjacent to an activating group) is 1. The highest BCUT2D eigenvalue weighted by Crippen LogP contribution is 2.31. The lowest BCUT2D eigenvalue weighted by Crippen LogP contribution is -2.51. The number of anilines is 1. The number of aromatic nitrogens is 1. The first kappa shape index (κ1) is 17.0. The Labute approximate surface area is 144 Å². The molecule has 130 valence electrons. The standard InChI is InChI=1S/C18H18FN3O3/c1-11-7-8-14(20-9-11)21-18(24)17-16(22(2)15(23)10-25-17)12-5-3-4-6-13(12)19/h3-9,16-17H,10H2,1-2H3,(H,20,21,24)/t16-,17+/m0/s1. The molecule has 1 aliphatic heterocycles. The summed E-state index contributed by atoms with van der Waals surface area (Å²) in [4.78, 5) is 30.1. The van der Waals surface area contributed by atoms with Gasteiger partial charge in [0.05, 0.1) is 6.04 Å². The maximum atomic E-state index is 14.2. The van der Waals surface area contributed by atoms with Gasteiger partial charge in [-0.3, -0.25) is 9.59 Å². The number of carbonyl (C=O) groups excluding carboxylic acids is 2. The van der Waals surface area contributed by atoms with Crippen molar-refractivity contribution in [3.63, 3.8) is 0 Å². The van der Waals surface area contributed by atoms with Gasteiger partial charge in [0, 0.05) is 18.8 Å². The summed E-state index contributed by atoms with van der Waals surface area (Å²) in [5.41, 5.74) is 1.19. The van der Waals surface area contributed by atoms with Gasteiger partial charge < -0.3 is 15.0 Å². The van der Waals surface area contributed by atoms with E-state index >= 15 is 0 Å². The van der Waals surface area contributed by atoms with Gasteiger partial charge in [0.15, 0.2) is 6.10 Å². The van der Waals surface area contributed by atoms with E-state index in [0.717, 1.165) is 5.56 Å². The molecule has 1 N–H and O–H groups in total. The first-order chi connectivity index (χ1) is 12.0. The molecule has 0 unspecified atom stereocenters. The van der Waals surface area contributed by atoms with E-state index in [9.17, 15) is 14.0 Å². The van der Waals surface area contributed by atoms with Crippen molar-refractivity contribution in [1.82, 2.24) is 9.88 Å². The van der Waals surface area contributed by atoms with Crippen LogP contribution in [0.4, 0.5) is 10.2 Å². The number of hydrogen-bond donors (Lipinski definition) is 1. The molecule has 6 nitrogen and oxygen atoms in total. The summed E-state index contributed by atoms with van der Waals surface area (Å²) in [6.45, 7) is 1.65. The highest BCUT2D eigenvalue weighted by atomic mass is 19.1. The van der Waals surface area contributed by atoms with E-state index in [1.54, 1.807) is 30.5 Å². The molecular weight excluding hydrogens is 325 g/mol. The zero-order chi connectivity index (χ0) is 18.0. The number of nitrogens with one attached hydrogen (secondary N) is 1. The largest absolute Gasteiger partial charge is 0.356 e. The van der Waals surface area contributed by atoms with Crippen LogP contribution in [0.15, 0.2) is 42.6 Å². The minimum atomic E-state index is -1.04. The first-order valence-corrected chi connectivity index (χ1v) is 7.82. The SMILES string of the molecule is Cc1ccc(NC(=O)[C@@H]2OCC(=O)N(C)[C@H]2c2ccccc2F)nc1. The number of carbonyl (C=O) groups is 2. The predicted octanol–water partition coefficient (Wildman–Crippen LogP) is 2.07. The molecule has 2 aromatic rings. The van der Waals surface area contributed by atoms with Crippen LogP contribution in [-0.2, 0) is 14.3 Å². The number of hydrogen-bond acceptors (Lipinski definition) is 4. The molecule has 0 radical (unpaired) electrons. The fraction of sp³-hybridized carbons (Fsp3) is 0.278. The fourth-order valence-electron chi connectivity index (χ4n) is 2.76. The van der Waals surface area contributed by atoms with Crippen LogP contribution >= 0.6 is 0 Å². The maximum absolute atomic E-state index is 14.2. The van der Waals surface area contributed by atoms with Crippen LogP contribution in [0.5, 0.6) is 0 Å². The minimum absolute atomic E-state index is 0.232. The monoisotopic (exact) mass is 343 g/mol. The van der Waals surface area contributed by atoms with Crippen molar-refractivity contribution in [2.75, 3.05) is 19.0 Å². The van der Waals surface area contributed by atoms with Crippen LogP contribution in [0, 0.1) is 12.7 Å². The number of halogens is 1. The number of pyridine rings is 1. The van der Waals surface area contributed by atoms with Crippen LogP contribution in [-0.4, -0.2) is 41.5 Å². The number of aryl methyl sites for hydroxylation is 1. The van der Waals surface area contributed by atoms with Crippen molar-refractivity contribution in [3.05, 3.63) is 59.5 Å². The number of ether oxygens (including phenoxy) is 1. The third-order valence-corrected chi connectivity index (χ3v) is 4.13. The van der Waals surface area contributed by atoms with E-state index in [4.69, 9.17) is 4.74 Å². The molecule has 1 aliphatic rings. The summed E-state index contributed by atoms with van der Waals surface area (Å²) in [5, 5.41) is 2.66. The van der Waals surface area contributed by atoms with Crippen LogP contribution in [0.1, 0.15) is 17.2 Å². The third kappa shape index (κ3) is 3.51. The zero-order valence-corrected chi connectivity index (χ0v) is 13.9. The summed E-state index contributed by atoms with van der Waals surface area (Å²) < 4.78 is 19.7. The van der Waals surface area contributed by atoms with Gasteiger partial charge in [-0.25, -0.2) is 9.37 Å². The Bertz CT molecular complexity index is 794. The Morgan fingerprint density at radius 2 is 2.08 bits per heavy atom. The highest BCUT2D eigenvalue weighted by molar-refractivity contribution is 5.95. The van der Waals surface area contributed by atoms with Crippen LogP contribution in [0.25, 0.3) is 0 Å². The quantitative estimate of drug-likeness (QED) is 0.926. The number of rotatable bonds is 3. The molecule has 1 saturated heterocycles. The summed E-state index contributed by atoms with van der Waals surface area (Å²) in [6, 6.07) is 8.67. The number of morpholine rings is 1. The van der Waals surface area contributed by atoms with Gasteiger partial charge in [0.25, 0.3) is 5.91 Å². The molecule has 3 rings (SSSR count). The second-order valence-electron chi connectivity index (χ2n) is 5.91. The summed E-state index contributed by atoms with van der Waals surface area (Å²) in [6.07, 6.45) is 0.587. The Hall–Kier alpha value is -2.80. The lowest BCUT2D eigenvalue weighted by atomic mass is 9.97. The van der Waals surface area contributed by atoms with Crippen LogP contribution in [0.3, 0.4) is 0 Å². The average Bonchev–Trinajstić information content (AvgIpc) is 2.60. The maximum Gasteiger partial charge on any atom is 0.257 e. The smallest absolute Gasteiger partial charge is 0.257 e. The second kappa shape index (κ2) is 6.98. The molecule has 25 heavy (non-hydrogen) atoms. The van der Waals surface area contributed by atoms with Crippen molar-refractivity contribution < 1.29 is 18.7 Å². The Morgan fingerprint density at radius 3 is 2.76 bits per heavy atom. The summed E-state index contributed by atoms with van der Waals surface area (Å²) >= 11 is 0. The second-order valence-corrected chi connectivity index (χ2v) is 5.91. The van der Waals surface area contributed by atoms with Gasteiger partial charge in [-0.1, -0.05) is 24.3 Å². The van der Waals surface area contributed by atoms with E-state index in [-0.39, 0.29) is 18.1 Å². The molecule has 7 heteroatoms. The number of amides is 2.